The maximum absolute atomic E-state index is 11.7. The van der Waals surface area contributed by atoms with Crippen molar-refractivity contribution in [1.82, 2.24) is 15.1 Å². The van der Waals surface area contributed by atoms with Crippen LogP contribution < -0.4 is 5.32 Å². The molecule has 1 aromatic heterocycles. The van der Waals surface area contributed by atoms with E-state index in [2.05, 4.69) is 33.0 Å². The summed E-state index contributed by atoms with van der Waals surface area (Å²) in [5.74, 6) is -0.0138. The molecule has 16 heavy (non-hydrogen) atoms. The molecule has 0 aliphatic rings. The maximum Gasteiger partial charge on any atom is 0.254 e. The van der Waals surface area contributed by atoms with Crippen molar-refractivity contribution in [1.29, 1.82) is 0 Å². The zero-order valence-electron chi connectivity index (χ0n) is 9.79. The van der Waals surface area contributed by atoms with Crippen molar-refractivity contribution < 1.29 is 4.79 Å². The summed E-state index contributed by atoms with van der Waals surface area (Å²) in [6, 6.07) is 0. The molecule has 1 aromatic rings. The van der Waals surface area contributed by atoms with Crippen molar-refractivity contribution >= 4 is 28.5 Å². The number of carbonyl (C=O) groups excluding carboxylic acids is 1. The molecule has 0 unspecified atom stereocenters. The van der Waals surface area contributed by atoms with E-state index in [0.29, 0.717) is 5.56 Å². The highest BCUT2D eigenvalue weighted by Crippen LogP contribution is 2.04. The fourth-order valence-electron chi connectivity index (χ4n) is 1.52. The van der Waals surface area contributed by atoms with Crippen molar-refractivity contribution in [3.8, 4) is 0 Å². The molecule has 1 heterocycles. The van der Waals surface area contributed by atoms with Crippen LogP contribution in [0.2, 0.25) is 0 Å². The molecule has 4 nitrogen and oxygen atoms in total. The normalized spacial score (nSPS) is 10.4. The summed E-state index contributed by atoms with van der Waals surface area (Å²) in [4.78, 5) is 11.7. The number of hydrogen-bond acceptors (Lipinski definition) is 2. The van der Waals surface area contributed by atoms with Crippen LogP contribution in [0.1, 0.15) is 35.3 Å². The van der Waals surface area contributed by atoms with E-state index in [-0.39, 0.29) is 5.91 Å². The van der Waals surface area contributed by atoms with Gasteiger partial charge in [0.1, 0.15) is 0 Å². The van der Waals surface area contributed by atoms with Gasteiger partial charge in [-0.3, -0.25) is 9.48 Å². The molecular weight excluding hydrogens is 317 g/mol. The standard InChI is InChI=1S/C11H18IN3O/c1-9-10(8-15(2)14-9)11(16)13-7-5-3-4-6-12/h8H,3-7H2,1-2H3,(H,13,16). The number of hydrogen-bond donors (Lipinski definition) is 1. The van der Waals surface area contributed by atoms with Gasteiger partial charge in [-0.25, -0.2) is 0 Å². The minimum Gasteiger partial charge on any atom is -0.352 e. The van der Waals surface area contributed by atoms with E-state index in [1.54, 1.807) is 10.9 Å². The number of unbranched alkanes of at least 4 members (excludes halogenated alkanes) is 2. The van der Waals surface area contributed by atoms with E-state index in [1.807, 2.05) is 14.0 Å². The number of nitrogens with one attached hydrogen (secondary N) is 1. The molecule has 1 rings (SSSR count). The van der Waals surface area contributed by atoms with Gasteiger partial charge in [-0.05, 0) is 24.2 Å². The van der Waals surface area contributed by atoms with Gasteiger partial charge in [-0.2, -0.15) is 5.10 Å². The Kier molecular flexibility index (Phi) is 5.79. The van der Waals surface area contributed by atoms with E-state index < -0.39 is 0 Å². The van der Waals surface area contributed by atoms with Gasteiger partial charge < -0.3 is 5.32 Å². The molecule has 5 heteroatoms. The lowest BCUT2D eigenvalue weighted by atomic mass is 10.2. The molecular formula is C11H18IN3O. The first kappa shape index (κ1) is 13.5. The summed E-state index contributed by atoms with van der Waals surface area (Å²) in [7, 11) is 1.82. The van der Waals surface area contributed by atoms with Crippen molar-refractivity contribution in [2.45, 2.75) is 26.2 Å². The summed E-state index contributed by atoms with van der Waals surface area (Å²) in [6.45, 7) is 2.61. The number of aryl methyl sites for hydroxylation is 2. The predicted octanol–water partition coefficient (Wildman–Crippen LogP) is 2.06. The number of alkyl halides is 1. The molecule has 0 saturated heterocycles. The van der Waals surface area contributed by atoms with Gasteiger partial charge >= 0.3 is 0 Å². The number of aromatic nitrogens is 2. The van der Waals surface area contributed by atoms with Crippen molar-refractivity contribution in [3.63, 3.8) is 0 Å². The second kappa shape index (κ2) is 6.88. The van der Waals surface area contributed by atoms with Crippen LogP contribution in [0.15, 0.2) is 6.20 Å². The Morgan fingerprint density at radius 1 is 1.50 bits per heavy atom. The fourth-order valence-corrected chi connectivity index (χ4v) is 2.06. The third-order valence-electron chi connectivity index (χ3n) is 2.35. The predicted molar refractivity (Wildman–Crippen MR) is 73.0 cm³/mol. The third kappa shape index (κ3) is 4.11. The van der Waals surface area contributed by atoms with Gasteiger partial charge in [-0.1, -0.05) is 29.0 Å². The summed E-state index contributed by atoms with van der Waals surface area (Å²) in [5, 5.41) is 7.06. The van der Waals surface area contributed by atoms with Crippen molar-refractivity contribution in [2.24, 2.45) is 7.05 Å². The molecule has 0 aliphatic carbocycles. The largest absolute Gasteiger partial charge is 0.352 e. The second-order valence-corrected chi connectivity index (χ2v) is 4.89. The van der Waals surface area contributed by atoms with E-state index >= 15 is 0 Å². The van der Waals surface area contributed by atoms with Crippen molar-refractivity contribution in [2.75, 3.05) is 11.0 Å². The molecule has 0 bridgehead atoms. The highest BCUT2D eigenvalue weighted by Gasteiger charge is 2.11. The summed E-state index contributed by atoms with van der Waals surface area (Å²) in [5.41, 5.74) is 1.46. The Balaban J connectivity index is 2.33. The molecule has 0 saturated carbocycles. The Morgan fingerprint density at radius 2 is 2.25 bits per heavy atom. The molecule has 0 aliphatic heterocycles. The van der Waals surface area contributed by atoms with Crippen LogP contribution in [0.4, 0.5) is 0 Å². The number of nitrogens with zero attached hydrogens (tertiary/aromatic N) is 2. The second-order valence-electron chi connectivity index (χ2n) is 3.81. The Hall–Kier alpha value is -0.590. The SMILES string of the molecule is Cc1nn(C)cc1C(=O)NCCCCCI. The first-order valence-corrected chi connectivity index (χ1v) is 7.02. The van der Waals surface area contributed by atoms with Gasteiger partial charge in [0.25, 0.3) is 5.91 Å². The number of carbonyl (C=O) groups is 1. The summed E-state index contributed by atoms with van der Waals surface area (Å²) in [6.07, 6.45) is 5.21. The number of amides is 1. The minimum absolute atomic E-state index is 0.0138. The Labute approximate surface area is 110 Å². The van der Waals surface area contributed by atoms with Gasteiger partial charge in [0.15, 0.2) is 0 Å². The molecule has 90 valence electrons. The fraction of sp³-hybridized carbons (Fsp3) is 0.636. The first-order valence-electron chi connectivity index (χ1n) is 5.49. The van der Waals surface area contributed by atoms with Crippen molar-refractivity contribution in [3.05, 3.63) is 17.5 Å². The zero-order valence-corrected chi connectivity index (χ0v) is 12.0. The van der Waals surface area contributed by atoms with Crippen LogP contribution in [0.3, 0.4) is 0 Å². The first-order chi connectivity index (χ1) is 7.65. The lowest BCUT2D eigenvalue weighted by Gasteiger charge is -2.03. The Morgan fingerprint density at radius 3 is 2.81 bits per heavy atom. The average Bonchev–Trinajstić information content (AvgIpc) is 2.57. The molecule has 0 atom stereocenters. The lowest BCUT2D eigenvalue weighted by molar-refractivity contribution is 0.0952. The molecule has 0 spiro atoms. The topological polar surface area (TPSA) is 46.9 Å². The van der Waals surface area contributed by atoms with Gasteiger partial charge in [-0.15, -0.1) is 0 Å². The van der Waals surface area contributed by atoms with E-state index in [9.17, 15) is 4.79 Å². The quantitative estimate of drug-likeness (QED) is 0.491. The molecule has 0 fully saturated rings. The molecule has 1 amide bonds. The molecule has 0 aromatic carbocycles. The molecule has 0 radical (unpaired) electrons. The lowest BCUT2D eigenvalue weighted by Crippen LogP contribution is -2.24. The van der Waals surface area contributed by atoms with Crippen LogP contribution in [0.25, 0.3) is 0 Å². The third-order valence-corrected chi connectivity index (χ3v) is 3.12. The highest BCUT2D eigenvalue weighted by atomic mass is 127. The van der Waals surface area contributed by atoms with Gasteiger partial charge in [0, 0.05) is 19.8 Å². The average molecular weight is 335 g/mol. The van der Waals surface area contributed by atoms with Crippen LogP contribution in [-0.2, 0) is 7.05 Å². The summed E-state index contributed by atoms with van der Waals surface area (Å²) >= 11 is 2.37. The van der Waals surface area contributed by atoms with Crippen LogP contribution >= 0.6 is 22.6 Å². The monoisotopic (exact) mass is 335 g/mol. The Bertz CT molecular complexity index is 349. The van der Waals surface area contributed by atoms with Gasteiger partial charge in [0.05, 0.1) is 11.3 Å². The van der Waals surface area contributed by atoms with E-state index in [0.717, 1.165) is 18.7 Å². The van der Waals surface area contributed by atoms with Crippen LogP contribution in [-0.4, -0.2) is 26.7 Å². The molecule has 1 N–H and O–H groups in total. The van der Waals surface area contributed by atoms with Gasteiger partial charge in [0.2, 0.25) is 0 Å². The number of rotatable bonds is 6. The summed E-state index contributed by atoms with van der Waals surface area (Å²) < 4.78 is 2.85. The minimum atomic E-state index is -0.0138. The van der Waals surface area contributed by atoms with E-state index in [4.69, 9.17) is 0 Å². The smallest absolute Gasteiger partial charge is 0.254 e. The van der Waals surface area contributed by atoms with Crippen LogP contribution in [0.5, 0.6) is 0 Å². The maximum atomic E-state index is 11.7. The van der Waals surface area contributed by atoms with E-state index in [1.165, 1.54) is 17.3 Å². The zero-order chi connectivity index (χ0) is 12.0. The van der Waals surface area contributed by atoms with Crippen LogP contribution in [0, 0.1) is 6.92 Å². The number of halogens is 1. The highest BCUT2D eigenvalue weighted by molar-refractivity contribution is 14.1.